The number of carbonyl (C=O) groups is 1. The molecule has 0 bridgehead atoms. The number of ether oxygens (including phenoxy) is 2. The summed E-state index contributed by atoms with van der Waals surface area (Å²) in [5, 5.41) is 8.75. The summed E-state index contributed by atoms with van der Waals surface area (Å²) in [5.41, 5.74) is 0.501. The van der Waals surface area contributed by atoms with E-state index in [4.69, 9.17) is 14.7 Å². The summed E-state index contributed by atoms with van der Waals surface area (Å²) >= 11 is 0. The smallest absolute Gasteiger partial charge is 0.347 e. The minimum Gasteiger partial charge on any atom is -0.479 e. The van der Waals surface area contributed by atoms with Gasteiger partial charge in [0, 0.05) is 0 Å². The Morgan fingerprint density at radius 2 is 2.24 bits per heavy atom. The number of benzene rings is 1. The van der Waals surface area contributed by atoms with Crippen molar-refractivity contribution in [3.63, 3.8) is 0 Å². The topological polar surface area (TPSA) is 59.3 Å². The quantitative estimate of drug-likeness (QED) is 0.732. The molecule has 4 heteroatoms. The average Bonchev–Trinajstić information content (AvgIpc) is 2.36. The number of carbonyl (C=O) groups excluding carboxylic acids is 1. The van der Waals surface area contributed by atoms with Gasteiger partial charge in [-0.05, 0) is 31.5 Å². The number of nitrogens with zero attached hydrogens (tertiary/aromatic N) is 1. The summed E-state index contributed by atoms with van der Waals surface area (Å²) in [7, 11) is 0. The van der Waals surface area contributed by atoms with Crippen molar-refractivity contribution < 1.29 is 14.3 Å². The number of nitriles is 1. The van der Waals surface area contributed by atoms with Gasteiger partial charge < -0.3 is 9.47 Å². The van der Waals surface area contributed by atoms with Crippen LogP contribution in [-0.4, -0.2) is 18.7 Å². The van der Waals surface area contributed by atoms with Crippen molar-refractivity contribution in [2.75, 3.05) is 6.61 Å². The summed E-state index contributed by atoms with van der Waals surface area (Å²) in [5.74, 6) is 0.126. The molecular formula is C13H15NO3. The van der Waals surface area contributed by atoms with Crippen LogP contribution in [-0.2, 0) is 9.53 Å². The van der Waals surface area contributed by atoms with Crippen molar-refractivity contribution in [3.8, 4) is 11.8 Å². The van der Waals surface area contributed by atoms with E-state index in [-0.39, 0.29) is 5.97 Å². The predicted octanol–water partition coefficient (Wildman–Crippen LogP) is 2.28. The first-order chi connectivity index (χ1) is 8.21. The molecule has 0 spiro atoms. The first-order valence-electron chi connectivity index (χ1n) is 5.54. The van der Waals surface area contributed by atoms with Gasteiger partial charge in [-0.3, -0.25) is 0 Å². The zero-order valence-corrected chi connectivity index (χ0v) is 9.97. The van der Waals surface area contributed by atoms with E-state index in [1.165, 1.54) is 0 Å². The molecule has 0 fully saturated rings. The molecule has 1 rings (SSSR count). The fourth-order valence-corrected chi connectivity index (χ4v) is 1.34. The number of hydrogen-bond acceptors (Lipinski definition) is 4. The molecule has 1 unspecified atom stereocenters. The van der Waals surface area contributed by atoms with Crippen molar-refractivity contribution in [2.45, 2.75) is 26.4 Å². The second-order valence-electron chi connectivity index (χ2n) is 3.41. The van der Waals surface area contributed by atoms with Crippen molar-refractivity contribution in [1.29, 1.82) is 5.26 Å². The second-order valence-corrected chi connectivity index (χ2v) is 3.41. The fourth-order valence-electron chi connectivity index (χ4n) is 1.34. The predicted molar refractivity (Wildman–Crippen MR) is 62.5 cm³/mol. The van der Waals surface area contributed by atoms with Gasteiger partial charge in [-0.15, -0.1) is 0 Å². The van der Waals surface area contributed by atoms with Gasteiger partial charge in [-0.2, -0.15) is 5.26 Å². The molecule has 0 radical (unpaired) electrons. The molecule has 1 aromatic carbocycles. The minimum absolute atomic E-state index is 0.330. The fraction of sp³-hybridized carbons (Fsp3) is 0.385. The largest absolute Gasteiger partial charge is 0.479 e. The molecule has 0 saturated carbocycles. The van der Waals surface area contributed by atoms with Gasteiger partial charge in [0.1, 0.15) is 5.75 Å². The van der Waals surface area contributed by atoms with Gasteiger partial charge in [0.15, 0.2) is 6.10 Å². The molecule has 0 aliphatic heterocycles. The summed E-state index contributed by atoms with van der Waals surface area (Å²) in [6.45, 7) is 3.92. The number of rotatable bonds is 5. The van der Waals surface area contributed by atoms with Gasteiger partial charge in [0.25, 0.3) is 0 Å². The maximum Gasteiger partial charge on any atom is 0.347 e. The third kappa shape index (κ3) is 3.80. The van der Waals surface area contributed by atoms with Crippen molar-refractivity contribution in [1.82, 2.24) is 0 Å². The highest BCUT2D eigenvalue weighted by atomic mass is 16.6. The zero-order valence-electron chi connectivity index (χ0n) is 9.97. The molecule has 1 aromatic rings. The monoisotopic (exact) mass is 233 g/mol. The highest BCUT2D eigenvalue weighted by Gasteiger charge is 2.19. The summed E-state index contributed by atoms with van der Waals surface area (Å²) in [4.78, 5) is 11.5. The highest BCUT2D eigenvalue weighted by molar-refractivity contribution is 5.75. The van der Waals surface area contributed by atoms with Crippen LogP contribution in [0.3, 0.4) is 0 Å². The highest BCUT2D eigenvalue weighted by Crippen LogP contribution is 2.16. The van der Waals surface area contributed by atoms with Gasteiger partial charge >= 0.3 is 5.97 Å². The Hall–Kier alpha value is -2.02. The van der Waals surface area contributed by atoms with Gasteiger partial charge in [0.05, 0.1) is 18.2 Å². The van der Waals surface area contributed by atoms with Gasteiger partial charge in [-0.25, -0.2) is 4.79 Å². The van der Waals surface area contributed by atoms with E-state index in [1.807, 2.05) is 13.0 Å². The standard InChI is InChI=1S/C13H15NO3/c1-3-12(13(15)16-4-2)17-11-7-5-6-10(8-11)9-14/h5-8,12H,3-4H2,1-2H3. The lowest BCUT2D eigenvalue weighted by Crippen LogP contribution is -2.28. The Morgan fingerprint density at radius 1 is 1.47 bits per heavy atom. The van der Waals surface area contributed by atoms with Crippen molar-refractivity contribution in [3.05, 3.63) is 29.8 Å². The lowest BCUT2D eigenvalue weighted by molar-refractivity contribution is -0.151. The maximum atomic E-state index is 11.5. The summed E-state index contributed by atoms with van der Waals surface area (Å²) < 4.78 is 10.4. The second kappa shape index (κ2) is 6.54. The van der Waals surface area contributed by atoms with Crippen LogP contribution in [0.1, 0.15) is 25.8 Å². The average molecular weight is 233 g/mol. The summed E-state index contributed by atoms with van der Waals surface area (Å²) in [6, 6.07) is 8.72. The van der Waals surface area contributed by atoms with Crippen molar-refractivity contribution >= 4 is 5.97 Å². The Labute approximate surface area is 101 Å². The van der Waals surface area contributed by atoms with Crippen LogP contribution in [0.25, 0.3) is 0 Å². The molecule has 0 aromatic heterocycles. The number of hydrogen-bond donors (Lipinski definition) is 0. The van der Waals surface area contributed by atoms with Crippen LogP contribution in [0, 0.1) is 11.3 Å². The molecule has 0 saturated heterocycles. The Morgan fingerprint density at radius 3 is 2.82 bits per heavy atom. The number of esters is 1. The van der Waals surface area contributed by atoms with Crippen LogP contribution in [0.15, 0.2) is 24.3 Å². The molecule has 0 aliphatic rings. The molecule has 0 amide bonds. The van der Waals surface area contributed by atoms with Crippen LogP contribution in [0.2, 0.25) is 0 Å². The Kier molecular flexibility index (Phi) is 5.02. The molecule has 0 heterocycles. The molecule has 0 N–H and O–H groups in total. The van der Waals surface area contributed by atoms with Crippen LogP contribution in [0.4, 0.5) is 0 Å². The molecule has 90 valence electrons. The molecule has 17 heavy (non-hydrogen) atoms. The third-order valence-electron chi connectivity index (χ3n) is 2.16. The normalized spacial score (nSPS) is 11.4. The van der Waals surface area contributed by atoms with E-state index in [0.29, 0.717) is 24.3 Å². The first-order valence-corrected chi connectivity index (χ1v) is 5.54. The van der Waals surface area contributed by atoms with E-state index in [0.717, 1.165) is 0 Å². The lowest BCUT2D eigenvalue weighted by atomic mass is 10.2. The molecule has 0 aliphatic carbocycles. The Bertz CT molecular complexity index is 423. The van der Waals surface area contributed by atoms with Crippen LogP contribution < -0.4 is 4.74 Å². The van der Waals surface area contributed by atoms with E-state index in [9.17, 15) is 4.79 Å². The molecule has 4 nitrogen and oxygen atoms in total. The summed E-state index contributed by atoms with van der Waals surface area (Å²) in [6.07, 6.45) is -0.0980. The Balaban J connectivity index is 2.73. The van der Waals surface area contributed by atoms with E-state index < -0.39 is 6.10 Å². The van der Waals surface area contributed by atoms with E-state index in [1.54, 1.807) is 31.2 Å². The first kappa shape index (κ1) is 13.0. The van der Waals surface area contributed by atoms with Crippen LogP contribution in [0.5, 0.6) is 5.75 Å². The maximum absolute atomic E-state index is 11.5. The lowest BCUT2D eigenvalue weighted by Gasteiger charge is -2.15. The van der Waals surface area contributed by atoms with Crippen LogP contribution >= 0.6 is 0 Å². The third-order valence-corrected chi connectivity index (χ3v) is 2.16. The van der Waals surface area contributed by atoms with E-state index in [2.05, 4.69) is 0 Å². The molecule has 1 atom stereocenters. The van der Waals surface area contributed by atoms with Gasteiger partial charge in [-0.1, -0.05) is 13.0 Å². The van der Waals surface area contributed by atoms with Gasteiger partial charge in [0.2, 0.25) is 0 Å². The van der Waals surface area contributed by atoms with Crippen molar-refractivity contribution in [2.24, 2.45) is 0 Å². The molecular weight excluding hydrogens is 218 g/mol. The van der Waals surface area contributed by atoms with E-state index >= 15 is 0 Å². The minimum atomic E-state index is -0.621. The SMILES string of the molecule is CCOC(=O)C(CC)Oc1cccc(C#N)c1. The zero-order chi connectivity index (χ0) is 12.7.